The number of anilines is 1. The molecule has 2 aromatic rings. The van der Waals surface area contributed by atoms with Crippen molar-refractivity contribution in [1.82, 2.24) is 19.7 Å². The Labute approximate surface area is 120 Å². The van der Waals surface area contributed by atoms with E-state index in [0.29, 0.717) is 35.9 Å². The topological polar surface area (TPSA) is 79.4 Å². The van der Waals surface area contributed by atoms with Gasteiger partial charge in [-0.05, 0) is 13.0 Å². The largest absolute Gasteiger partial charge is 0.353 e. The van der Waals surface area contributed by atoms with Gasteiger partial charge < -0.3 is 5.32 Å². The van der Waals surface area contributed by atoms with Crippen molar-refractivity contribution in [3.63, 3.8) is 0 Å². The number of alkyl halides is 2. The monoisotopic (exact) mass is 292 g/mol. The Balaban J connectivity index is 2.19. The van der Waals surface area contributed by atoms with E-state index in [4.69, 9.17) is 5.26 Å². The lowest BCUT2D eigenvalue weighted by Gasteiger charge is -2.04. The number of nitrogens with one attached hydrogen (secondary N) is 1. The fourth-order valence-corrected chi connectivity index (χ4v) is 1.83. The molecular formula is C13H14F2N6. The van der Waals surface area contributed by atoms with Gasteiger partial charge in [-0.1, -0.05) is 0 Å². The number of nitriles is 1. The summed E-state index contributed by atoms with van der Waals surface area (Å²) in [4.78, 5) is 8.34. The number of rotatable bonds is 6. The summed E-state index contributed by atoms with van der Waals surface area (Å²) in [7, 11) is 0. The van der Waals surface area contributed by atoms with Crippen molar-refractivity contribution in [2.75, 3.05) is 11.9 Å². The highest BCUT2D eigenvalue weighted by atomic mass is 19.3. The maximum absolute atomic E-state index is 12.4. The highest BCUT2D eigenvalue weighted by Gasteiger charge is 2.12. The normalized spacial score (nSPS) is 10.6. The molecule has 0 aliphatic rings. The van der Waals surface area contributed by atoms with Crippen LogP contribution in [0.4, 0.5) is 14.7 Å². The Kier molecular flexibility index (Phi) is 4.77. The summed E-state index contributed by atoms with van der Waals surface area (Å²) in [5.41, 5.74) is 1.90. The van der Waals surface area contributed by atoms with Gasteiger partial charge in [-0.3, -0.25) is 4.68 Å². The van der Waals surface area contributed by atoms with Crippen LogP contribution in [0.3, 0.4) is 0 Å². The predicted octanol–water partition coefficient (Wildman–Crippen LogP) is 2.24. The molecule has 8 heteroatoms. The van der Waals surface area contributed by atoms with Crippen molar-refractivity contribution < 1.29 is 8.78 Å². The fourth-order valence-electron chi connectivity index (χ4n) is 1.83. The first-order valence-electron chi connectivity index (χ1n) is 6.36. The molecule has 1 N–H and O–H groups in total. The molecule has 0 saturated heterocycles. The molecule has 110 valence electrons. The zero-order valence-electron chi connectivity index (χ0n) is 11.4. The molecule has 0 aliphatic heterocycles. The summed E-state index contributed by atoms with van der Waals surface area (Å²) < 4.78 is 26.0. The second-order valence-corrected chi connectivity index (χ2v) is 4.34. The summed E-state index contributed by atoms with van der Waals surface area (Å²) in [6.45, 7) is 1.74. The molecule has 2 heterocycles. The van der Waals surface area contributed by atoms with Gasteiger partial charge in [0.15, 0.2) is 0 Å². The van der Waals surface area contributed by atoms with Gasteiger partial charge in [-0.15, -0.1) is 0 Å². The molecule has 0 spiro atoms. The number of aryl methyl sites for hydroxylation is 1. The van der Waals surface area contributed by atoms with E-state index in [1.807, 2.05) is 6.07 Å². The zero-order chi connectivity index (χ0) is 15.2. The van der Waals surface area contributed by atoms with Crippen LogP contribution in [-0.2, 0) is 6.54 Å². The smallest absolute Gasteiger partial charge is 0.257 e. The van der Waals surface area contributed by atoms with E-state index in [-0.39, 0.29) is 0 Å². The first-order valence-corrected chi connectivity index (χ1v) is 6.36. The van der Waals surface area contributed by atoms with Gasteiger partial charge in [0.05, 0.1) is 23.9 Å². The third-order valence-electron chi connectivity index (χ3n) is 2.72. The lowest BCUT2D eigenvalue weighted by Crippen LogP contribution is -2.06. The maximum Gasteiger partial charge on any atom is 0.257 e. The van der Waals surface area contributed by atoms with Gasteiger partial charge in [-0.2, -0.15) is 10.4 Å². The molecule has 0 bridgehead atoms. The first-order chi connectivity index (χ1) is 10.1. The Bertz CT molecular complexity index is 646. The summed E-state index contributed by atoms with van der Waals surface area (Å²) in [6.07, 6.45) is 1.01. The Morgan fingerprint density at radius 2 is 2.29 bits per heavy atom. The van der Waals surface area contributed by atoms with Crippen molar-refractivity contribution in [2.24, 2.45) is 0 Å². The van der Waals surface area contributed by atoms with Crippen molar-refractivity contribution in [3.05, 3.63) is 24.2 Å². The van der Waals surface area contributed by atoms with E-state index in [1.54, 1.807) is 25.4 Å². The number of halogens is 2. The molecule has 2 aromatic heterocycles. The zero-order valence-corrected chi connectivity index (χ0v) is 11.4. The molecule has 2 rings (SSSR count). The van der Waals surface area contributed by atoms with E-state index in [2.05, 4.69) is 20.4 Å². The van der Waals surface area contributed by atoms with Crippen LogP contribution in [0.25, 0.3) is 11.3 Å². The number of aromatic nitrogens is 4. The molecule has 0 fully saturated rings. The molecule has 21 heavy (non-hydrogen) atoms. The highest BCUT2D eigenvalue weighted by molar-refractivity contribution is 5.61. The predicted molar refractivity (Wildman–Crippen MR) is 72.7 cm³/mol. The van der Waals surface area contributed by atoms with Crippen molar-refractivity contribution in [1.29, 1.82) is 5.26 Å². The van der Waals surface area contributed by atoms with Crippen molar-refractivity contribution in [2.45, 2.75) is 26.3 Å². The average molecular weight is 292 g/mol. The van der Waals surface area contributed by atoms with Gasteiger partial charge in [0.2, 0.25) is 5.95 Å². The number of hydrogen-bond donors (Lipinski definition) is 1. The van der Waals surface area contributed by atoms with Crippen LogP contribution >= 0.6 is 0 Å². The van der Waals surface area contributed by atoms with Gasteiger partial charge in [-0.25, -0.2) is 18.7 Å². The minimum Gasteiger partial charge on any atom is -0.353 e. The quantitative estimate of drug-likeness (QED) is 0.826. The third kappa shape index (κ3) is 3.95. The lowest BCUT2D eigenvalue weighted by atomic mass is 10.2. The van der Waals surface area contributed by atoms with Gasteiger partial charge >= 0.3 is 0 Å². The van der Waals surface area contributed by atoms with Crippen molar-refractivity contribution >= 4 is 5.95 Å². The minimum atomic E-state index is -2.45. The van der Waals surface area contributed by atoms with Gasteiger partial charge in [0.1, 0.15) is 6.54 Å². The van der Waals surface area contributed by atoms with Crippen LogP contribution in [0, 0.1) is 18.3 Å². The van der Waals surface area contributed by atoms with E-state index < -0.39 is 13.0 Å². The molecule has 0 saturated carbocycles. The van der Waals surface area contributed by atoms with Crippen LogP contribution in [0.2, 0.25) is 0 Å². The van der Waals surface area contributed by atoms with Crippen LogP contribution in [-0.4, -0.2) is 32.7 Å². The fraction of sp³-hybridized carbons (Fsp3) is 0.385. The van der Waals surface area contributed by atoms with E-state index in [9.17, 15) is 8.78 Å². The van der Waals surface area contributed by atoms with Crippen LogP contribution < -0.4 is 5.32 Å². The van der Waals surface area contributed by atoms with Crippen LogP contribution in [0.5, 0.6) is 0 Å². The molecule has 0 atom stereocenters. The Morgan fingerprint density at radius 3 is 3.00 bits per heavy atom. The van der Waals surface area contributed by atoms with Crippen molar-refractivity contribution in [3.8, 4) is 17.3 Å². The highest BCUT2D eigenvalue weighted by Crippen LogP contribution is 2.21. The number of nitrogens with zero attached hydrogens (tertiary/aromatic N) is 5. The molecular weight excluding hydrogens is 278 g/mol. The summed E-state index contributed by atoms with van der Waals surface area (Å²) >= 11 is 0. The van der Waals surface area contributed by atoms with E-state index in [0.717, 1.165) is 0 Å². The third-order valence-corrected chi connectivity index (χ3v) is 2.72. The second-order valence-electron chi connectivity index (χ2n) is 4.34. The SMILES string of the molecule is Cc1nn(CC(F)F)cc1-c1ccnc(NCCC#N)n1. The standard InChI is InChI=1S/C13H14F2N6/c1-9-10(7-21(20-9)8-12(14)15)11-3-6-18-13(19-11)17-5-2-4-16/h3,6-7,12H,2,5,8H2,1H3,(H,17,18,19). The summed E-state index contributed by atoms with van der Waals surface area (Å²) in [5.74, 6) is 0.392. The van der Waals surface area contributed by atoms with Gasteiger partial charge in [0, 0.05) is 24.5 Å². The Hall–Kier alpha value is -2.56. The van der Waals surface area contributed by atoms with E-state index in [1.165, 1.54) is 4.68 Å². The number of hydrogen-bond acceptors (Lipinski definition) is 5. The molecule has 0 unspecified atom stereocenters. The average Bonchev–Trinajstić information content (AvgIpc) is 2.79. The second kappa shape index (κ2) is 6.74. The molecule has 6 nitrogen and oxygen atoms in total. The van der Waals surface area contributed by atoms with Crippen LogP contribution in [0.1, 0.15) is 12.1 Å². The minimum absolute atomic E-state index is 0.346. The molecule has 0 aliphatic carbocycles. The molecule has 0 amide bonds. The van der Waals surface area contributed by atoms with Gasteiger partial charge in [0.25, 0.3) is 6.43 Å². The first kappa shape index (κ1) is 14.8. The van der Waals surface area contributed by atoms with Crippen LogP contribution in [0.15, 0.2) is 18.5 Å². The summed E-state index contributed by atoms with van der Waals surface area (Å²) in [5, 5.41) is 15.5. The van der Waals surface area contributed by atoms with E-state index >= 15 is 0 Å². The maximum atomic E-state index is 12.4. The Morgan fingerprint density at radius 1 is 1.48 bits per heavy atom. The lowest BCUT2D eigenvalue weighted by molar-refractivity contribution is 0.121. The summed E-state index contributed by atoms with van der Waals surface area (Å²) in [6, 6.07) is 3.70. The molecule has 0 radical (unpaired) electrons. The molecule has 0 aromatic carbocycles.